The average Bonchev–Trinajstić information content (AvgIpc) is 2.28. The van der Waals surface area contributed by atoms with Crippen LogP contribution in [0.25, 0.3) is 0 Å². The Labute approximate surface area is 97.0 Å². The summed E-state index contributed by atoms with van der Waals surface area (Å²) in [4.78, 5) is 32.1. The number of carboxylic acids is 1. The van der Waals surface area contributed by atoms with Gasteiger partial charge in [0.2, 0.25) is 0 Å². The van der Waals surface area contributed by atoms with E-state index < -0.39 is 17.1 Å². The summed E-state index contributed by atoms with van der Waals surface area (Å²) < 4.78 is 31.7. The van der Waals surface area contributed by atoms with E-state index in [1.54, 1.807) is 0 Å². The van der Waals surface area contributed by atoms with Crippen molar-refractivity contribution in [1.29, 1.82) is 0 Å². The Kier molecular flexibility index (Phi) is 5.39. The Morgan fingerprint density at radius 3 is 2.28 bits per heavy atom. The van der Waals surface area contributed by atoms with Gasteiger partial charge in [0.25, 0.3) is 5.69 Å². The minimum atomic E-state index is -5.08. The third kappa shape index (κ3) is 5.01. The first-order valence-corrected chi connectivity index (χ1v) is 4.04. The number of aliphatic carboxylic acids is 1. The van der Waals surface area contributed by atoms with Crippen molar-refractivity contribution in [3.8, 4) is 0 Å². The number of nitrogens with zero attached hydrogens (tertiary/aromatic N) is 2. The number of pyridine rings is 1. The number of alkyl halides is 3. The summed E-state index contributed by atoms with van der Waals surface area (Å²) >= 11 is 0. The molecule has 1 aromatic rings. The minimum Gasteiger partial charge on any atom is -0.475 e. The molecule has 0 saturated heterocycles. The number of rotatable bonds is 2. The van der Waals surface area contributed by atoms with Crippen molar-refractivity contribution in [2.45, 2.75) is 6.18 Å². The molecule has 1 rings (SSSR count). The standard InChI is InChI=1S/C6H4N2O3.C2HF3O2/c9-4-5-6(8(10)11)2-1-3-7-5;3-2(4,5)1(6)7/h1-4H;(H,6,7). The van der Waals surface area contributed by atoms with Gasteiger partial charge in [-0.15, -0.1) is 0 Å². The smallest absolute Gasteiger partial charge is 0.475 e. The molecule has 0 unspecified atom stereocenters. The molecule has 7 nitrogen and oxygen atoms in total. The van der Waals surface area contributed by atoms with E-state index >= 15 is 0 Å². The monoisotopic (exact) mass is 266 g/mol. The van der Waals surface area contributed by atoms with E-state index in [4.69, 9.17) is 9.90 Å². The maximum atomic E-state index is 10.6. The maximum Gasteiger partial charge on any atom is 0.490 e. The number of hydrogen-bond donors (Lipinski definition) is 1. The summed E-state index contributed by atoms with van der Waals surface area (Å²) in [5, 5.41) is 17.3. The largest absolute Gasteiger partial charge is 0.490 e. The van der Waals surface area contributed by atoms with Crippen LogP contribution in [0, 0.1) is 10.1 Å². The van der Waals surface area contributed by atoms with E-state index in [9.17, 15) is 28.1 Å². The molecule has 1 N–H and O–H groups in total. The normalized spacial score (nSPS) is 9.94. The first kappa shape index (κ1) is 15.5. The van der Waals surface area contributed by atoms with Crippen LogP contribution in [-0.4, -0.2) is 33.4 Å². The molecular formula is C8H5F3N2O5. The lowest BCUT2D eigenvalue weighted by molar-refractivity contribution is -0.385. The van der Waals surface area contributed by atoms with Gasteiger partial charge in [0.15, 0.2) is 12.0 Å². The SMILES string of the molecule is O=C(O)C(F)(F)F.O=Cc1ncccc1[N+](=O)[O-]. The van der Waals surface area contributed by atoms with Crippen LogP contribution in [0.3, 0.4) is 0 Å². The van der Waals surface area contributed by atoms with Gasteiger partial charge in [-0.05, 0) is 6.07 Å². The molecule has 0 amide bonds. The van der Waals surface area contributed by atoms with Crippen LogP contribution >= 0.6 is 0 Å². The quantitative estimate of drug-likeness (QED) is 0.492. The zero-order chi connectivity index (χ0) is 14.3. The Balaban J connectivity index is 0.000000360. The van der Waals surface area contributed by atoms with E-state index in [0.717, 1.165) is 0 Å². The second-order valence-corrected chi connectivity index (χ2v) is 2.59. The van der Waals surface area contributed by atoms with Crippen LogP contribution in [0.2, 0.25) is 0 Å². The first-order chi connectivity index (χ1) is 8.20. The van der Waals surface area contributed by atoms with Crippen molar-refractivity contribution < 1.29 is 32.8 Å². The highest BCUT2D eigenvalue weighted by Crippen LogP contribution is 2.13. The molecule has 0 fully saturated rings. The van der Waals surface area contributed by atoms with E-state index in [0.29, 0.717) is 6.29 Å². The molecule has 1 heterocycles. The van der Waals surface area contributed by atoms with Crippen LogP contribution < -0.4 is 0 Å². The summed E-state index contributed by atoms with van der Waals surface area (Å²) in [5.41, 5.74) is -0.403. The number of nitro groups is 1. The summed E-state index contributed by atoms with van der Waals surface area (Å²) in [6.07, 6.45) is -3.39. The van der Waals surface area contributed by atoms with Crippen LogP contribution in [0.15, 0.2) is 18.3 Å². The van der Waals surface area contributed by atoms with Gasteiger partial charge in [-0.3, -0.25) is 14.9 Å². The fourth-order valence-electron chi connectivity index (χ4n) is 0.654. The molecule has 18 heavy (non-hydrogen) atoms. The second-order valence-electron chi connectivity index (χ2n) is 2.59. The summed E-state index contributed by atoms with van der Waals surface area (Å²) in [7, 11) is 0. The third-order valence-electron chi connectivity index (χ3n) is 1.37. The minimum absolute atomic E-state index is 0.141. The molecular weight excluding hydrogens is 261 g/mol. The molecule has 0 aliphatic rings. The van der Waals surface area contributed by atoms with Crippen LogP contribution in [-0.2, 0) is 4.79 Å². The molecule has 10 heteroatoms. The number of aldehydes is 1. The number of carbonyl (C=O) groups excluding carboxylic acids is 1. The van der Waals surface area contributed by atoms with Gasteiger partial charge in [-0.25, -0.2) is 9.78 Å². The van der Waals surface area contributed by atoms with Crippen molar-refractivity contribution >= 4 is 17.9 Å². The molecule has 0 bridgehead atoms. The zero-order valence-corrected chi connectivity index (χ0v) is 8.42. The van der Waals surface area contributed by atoms with Gasteiger partial charge in [-0.1, -0.05) is 0 Å². The number of halogens is 3. The van der Waals surface area contributed by atoms with E-state index in [2.05, 4.69) is 4.98 Å². The molecule has 0 aliphatic heterocycles. The topological polar surface area (TPSA) is 110 Å². The summed E-state index contributed by atoms with van der Waals surface area (Å²) in [6.45, 7) is 0. The number of carbonyl (C=O) groups is 2. The molecule has 98 valence electrons. The molecule has 0 radical (unpaired) electrons. The van der Waals surface area contributed by atoms with Gasteiger partial charge in [0, 0.05) is 12.3 Å². The van der Waals surface area contributed by atoms with Gasteiger partial charge in [0.05, 0.1) is 4.92 Å². The van der Waals surface area contributed by atoms with Crippen molar-refractivity contribution in [2.24, 2.45) is 0 Å². The molecule has 0 spiro atoms. The first-order valence-electron chi connectivity index (χ1n) is 4.04. The molecule has 0 aliphatic carbocycles. The Hall–Kier alpha value is -2.52. The van der Waals surface area contributed by atoms with Gasteiger partial charge >= 0.3 is 12.1 Å². The lowest BCUT2D eigenvalue weighted by Crippen LogP contribution is -2.21. The molecule has 0 saturated carbocycles. The van der Waals surface area contributed by atoms with E-state index in [-0.39, 0.29) is 11.4 Å². The predicted octanol–water partition coefficient (Wildman–Crippen LogP) is 1.44. The van der Waals surface area contributed by atoms with Gasteiger partial charge < -0.3 is 5.11 Å². The number of carboxylic acid groups (broad SMARTS) is 1. The lowest BCUT2D eigenvalue weighted by atomic mass is 10.3. The average molecular weight is 266 g/mol. The fraction of sp³-hybridized carbons (Fsp3) is 0.125. The van der Waals surface area contributed by atoms with Crippen LogP contribution in [0.4, 0.5) is 18.9 Å². The fourth-order valence-corrected chi connectivity index (χ4v) is 0.654. The van der Waals surface area contributed by atoms with Crippen molar-refractivity contribution in [3.63, 3.8) is 0 Å². The van der Waals surface area contributed by atoms with Crippen molar-refractivity contribution in [2.75, 3.05) is 0 Å². The Morgan fingerprint density at radius 1 is 1.50 bits per heavy atom. The molecule has 0 aromatic carbocycles. The maximum absolute atomic E-state index is 10.6. The van der Waals surface area contributed by atoms with Crippen LogP contribution in [0.1, 0.15) is 10.5 Å². The molecule has 1 aromatic heterocycles. The second kappa shape index (κ2) is 6.27. The van der Waals surface area contributed by atoms with Gasteiger partial charge in [0.1, 0.15) is 0 Å². The lowest BCUT2D eigenvalue weighted by Gasteiger charge is -1.93. The number of aromatic nitrogens is 1. The Morgan fingerprint density at radius 2 is 2.00 bits per heavy atom. The van der Waals surface area contributed by atoms with Crippen molar-refractivity contribution in [1.82, 2.24) is 4.98 Å². The highest BCUT2D eigenvalue weighted by atomic mass is 19.4. The van der Waals surface area contributed by atoms with E-state index in [1.807, 2.05) is 0 Å². The predicted molar refractivity (Wildman–Crippen MR) is 50.0 cm³/mol. The summed E-state index contributed by atoms with van der Waals surface area (Å²) in [5.74, 6) is -2.76. The third-order valence-corrected chi connectivity index (χ3v) is 1.37. The van der Waals surface area contributed by atoms with E-state index in [1.165, 1.54) is 18.3 Å². The zero-order valence-electron chi connectivity index (χ0n) is 8.42. The van der Waals surface area contributed by atoms with Crippen LogP contribution in [0.5, 0.6) is 0 Å². The highest BCUT2D eigenvalue weighted by Gasteiger charge is 2.38. The van der Waals surface area contributed by atoms with Gasteiger partial charge in [-0.2, -0.15) is 13.2 Å². The van der Waals surface area contributed by atoms with Crippen molar-refractivity contribution in [3.05, 3.63) is 34.1 Å². The number of hydrogen-bond acceptors (Lipinski definition) is 5. The highest BCUT2D eigenvalue weighted by molar-refractivity contribution is 5.77. The Bertz CT molecular complexity index is 460. The molecule has 0 atom stereocenters. The summed E-state index contributed by atoms with van der Waals surface area (Å²) in [6, 6.07) is 2.64.